The second kappa shape index (κ2) is 9.87. The number of rotatable bonds is 7. The highest BCUT2D eigenvalue weighted by Crippen LogP contribution is 2.22. The molecule has 1 N–H and O–H groups in total. The summed E-state index contributed by atoms with van der Waals surface area (Å²) < 4.78 is 9.83. The summed E-state index contributed by atoms with van der Waals surface area (Å²) in [6.45, 7) is 5.76. The summed E-state index contributed by atoms with van der Waals surface area (Å²) >= 11 is 0. The maximum absolute atomic E-state index is 12.2. The van der Waals surface area contributed by atoms with E-state index in [1.807, 2.05) is 42.5 Å². The van der Waals surface area contributed by atoms with E-state index in [2.05, 4.69) is 26.1 Å². The summed E-state index contributed by atoms with van der Waals surface area (Å²) in [6.07, 6.45) is 0.279. The Bertz CT molecular complexity index is 838. The van der Waals surface area contributed by atoms with Crippen LogP contribution in [0.15, 0.2) is 54.6 Å². The number of esters is 2. The monoisotopic (exact) mass is 397 g/mol. The molecule has 0 unspecified atom stereocenters. The SMILES string of the molecule is COC(=O)[C@H](Cc1ccccc1)NC(=O)COC(=O)c1ccc(C(C)(C)C)cc1. The second-order valence-electron chi connectivity index (χ2n) is 7.74. The Kier molecular flexibility index (Phi) is 7.53. The Balaban J connectivity index is 1.92. The minimum Gasteiger partial charge on any atom is -0.467 e. The zero-order valence-corrected chi connectivity index (χ0v) is 17.2. The number of nitrogens with one attached hydrogen (secondary N) is 1. The molecule has 0 spiro atoms. The van der Waals surface area contributed by atoms with E-state index in [0.29, 0.717) is 5.56 Å². The molecule has 2 aromatic carbocycles. The van der Waals surface area contributed by atoms with Crippen LogP contribution in [0.25, 0.3) is 0 Å². The Morgan fingerprint density at radius 2 is 1.59 bits per heavy atom. The summed E-state index contributed by atoms with van der Waals surface area (Å²) in [6, 6.07) is 15.5. The van der Waals surface area contributed by atoms with Crippen LogP contribution >= 0.6 is 0 Å². The molecule has 2 aromatic rings. The van der Waals surface area contributed by atoms with E-state index in [1.165, 1.54) is 7.11 Å². The van der Waals surface area contributed by atoms with Gasteiger partial charge in [-0.1, -0.05) is 63.2 Å². The number of amides is 1. The lowest BCUT2D eigenvalue weighted by molar-refractivity contribution is -0.145. The molecule has 0 aliphatic carbocycles. The summed E-state index contributed by atoms with van der Waals surface area (Å²) in [5.74, 6) is -1.74. The van der Waals surface area contributed by atoms with E-state index >= 15 is 0 Å². The number of carbonyl (C=O) groups excluding carboxylic acids is 3. The molecule has 0 heterocycles. The smallest absolute Gasteiger partial charge is 0.338 e. The molecule has 2 rings (SSSR count). The average Bonchev–Trinajstić information content (AvgIpc) is 2.71. The van der Waals surface area contributed by atoms with E-state index in [1.54, 1.807) is 12.1 Å². The van der Waals surface area contributed by atoms with Crippen LogP contribution in [0, 0.1) is 0 Å². The van der Waals surface area contributed by atoms with Crippen molar-refractivity contribution in [3.05, 3.63) is 71.3 Å². The topological polar surface area (TPSA) is 81.7 Å². The van der Waals surface area contributed by atoms with Crippen molar-refractivity contribution in [2.75, 3.05) is 13.7 Å². The molecular formula is C23H27NO5. The third kappa shape index (κ3) is 6.75. The van der Waals surface area contributed by atoms with Crippen molar-refractivity contribution in [3.8, 4) is 0 Å². The van der Waals surface area contributed by atoms with Gasteiger partial charge in [0.05, 0.1) is 12.7 Å². The van der Waals surface area contributed by atoms with Gasteiger partial charge in [0.25, 0.3) is 5.91 Å². The van der Waals surface area contributed by atoms with Crippen LogP contribution in [-0.4, -0.2) is 37.6 Å². The molecule has 1 atom stereocenters. The highest BCUT2D eigenvalue weighted by molar-refractivity contribution is 5.92. The van der Waals surface area contributed by atoms with Crippen LogP contribution in [0.3, 0.4) is 0 Å². The molecule has 0 saturated carbocycles. The van der Waals surface area contributed by atoms with Gasteiger partial charge < -0.3 is 14.8 Å². The van der Waals surface area contributed by atoms with Crippen molar-refractivity contribution in [1.82, 2.24) is 5.32 Å². The first kappa shape index (κ1) is 22.1. The lowest BCUT2D eigenvalue weighted by atomic mass is 9.87. The zero-order valence-electron chi connectivity index (χ0n) is 17.2. The lowest BCUT2D eigenvalue weighted by Gasteiger charge is -2.19. The Morgan fingerprint density at radius 1 is 0.966 bits per heavy atom. The summed E-state index contributed by atoms with van der Waals surface area (Å²) in [5.41, 5.74) is 2.30. The van der Waals surface area contributed by atoms with E-state index < -0.39 is 30.5 Å². The number of hydrogen-bond acceptors (Lipinski definition) is 5. The first-order valence-electron chi connectivity index (χ1n) is 9.39. The molecule has 0 bridgehead atoms. The minimum absolute atomic E-state index is 0.0238. The number of carbonyl (C=O) groups is 3. The summed E-state index contributed by atoms with van der Waals surface area (Å²) in [4.78, 5) is 36.4. The van der Waals surface area contributed by atoms with Gasteiger partial charge in [0.2, 0.25) is 0 Å². The fraction of sp³-hybridized carbons (Fsp3) is 0.348. The van der Waals surface area contributed by atoms with Crippen molar-refractivity contribution in [3.63, 3.8) is 0 Å². The maximum atomic E-state index is 12.2. The predicted octanol–water partition coefficient (Wildman–Crippen LogP) is 3.04. The molecule has 0 saturated heterocycles. The molecule has 29 heavy (non-hydrogen) atoms. The van der Waals surface area contributed by atoms with Gasteiger partial charge in [0.15, 0.2) is 6.61 Å². The van der Waals surface area contributed by atoms with E-state index in [9.17, 15) is 14.4 Å². The Labute approximate surface area is 171 Å². The zero-order chi connectivity index (χ0) is 21.4. The van der Waals surface area contributed by atoms with Crippen molar-refractivity contribution in [2.45, 2.75) is 38.6 Å². The highest BCUT2D eigenvalue weighted by Gasteiger charge is 2.23. The number of methoxy groups -OCH3 is 1. The third-order valence-electron chi connectivity index (χ3n) is 4.42. The van der Waals surface area contributed by atoms with Crippen LogP contribution in [0.2, 0.25) is 0 Å². The number of hydrogen-bond donors (Lipinski definition) is 1. The van der Waals surface area contributed by atoms with Gasteiger partial charge >= 0.3 is 11.9 Å². The van der Waals surface area contributed by atoms with Gasteiger partial charge in [-0.3, -0.25) is 4.79 Å². The van der Waals surface area contributed by atoms with Crippen LogP contribution in [0.1, 0.15) is 42.3 Å². The molecule has 6 heteroatoms. The lowest BCUT2D eigenvalue weighted by Crippen LogP contribution is -2.44. The number of benzene rings is 2. The quantitative estimate of drug-likeness (QED) is 0.726. The fourth-order valence-electron chi connectivity index (χ4n) is 2.74. The molecule has 0 aliphatic heterocycles. The predicted molar refractivity (Wildman–Crippen MR) is 110 cm³/mol. The van der Waals surface area contributed by atoms with Crippen LogP contribution in [-0.2, 0) is 30.9 Å². The Morgan fingerprint density at radius 3 is 2.14 bits per heavy atom. The van der Waals surface area contributed by atoms with E-state index in [0.717, 1.165) is 11.1 Å². The minimum atomic E-state index is -0.861. The van der Waals surface area contributed by atoms with Gasteiger partial charge in [0.1, 0.15) is 6.04 Å². The van der Waals surface area contributed by atoms with Gasteiger partial charge in [-0.2, -0.15) is 0 Å². The molecular weight excluding hydrogens is 370 g/mol. The van der Waals surface area contributed by atoms with E-state index in [4.69, 9.17) is 9.47 Å². The highest BCUT2D eigenvalue weighted by atomic mass is 16.5. The van der Waals surface area contributed by atoms with Crippen molar-refractivity contribution in [2.24, 2.45) is 0 Å². The van der Waals surface area contributed by atoms with Crippen molar-refractivity contribution >= 4 is 17.8 Å². The standard InChI is InChI=1S/C23H27NO5/c1-23(2,3)18-12-10-17(11-13-18)21(26)29-15-20(25)24-19(22(27)28-4)14-16-8-6-5-7-9-16/h5-13,19H,14-15H2,1-4H3,(H,24,25)/t19-/m0/s1. The maximum Gasteiger partial charge on any atom is 0.338 e. The molecule has 0 aromatic heterocycles. The largest absolute Gasteiger partial charge is 0.467 e. The third-order valence-corrected chi connectivity index (χ3v) is 4.42. The fourth-order valence-corrected chi connectivity index (χ4v) is 2.74. The van der Waals surface area contributed by atoms with E-state index in [-0.39, 0.29) is 11.8 Å². The molecule has 0 fully saturated rings. The van der Waals surface area contributed by atoms with Crippen LogP contribution in [0.4, 0.5) is 0 Å². The molecule has 154 valence electrons. The molecule has 6 nitrogen and oxygen atoms in total. The normalized spacial score (nSPS) is 12.0. The van der Waals surface area contributed by atoms with Crippen molar-refractivity contribution < 1.29 is 23.9 Å². The first-order chi connectivity index (χ1) is 13.7. The van der Waals surface area contributed by atoms with Crippen LogP contribution < -0.4 is 5.32 Å². The second-order valence-corrected chi connectivity index (χ2v) is 7.74. The summed E-state index contributed by atoms with van der Waals surface area (Å²) in [7, 11) is 1.26. The molecule has 0 aliphatic rings. The first-order valence-corrected chi connectivity index (χ1v) is 9.39. The van der Waals surface area contributed by atoms with Gasteiger partial charge in [0, 0.05) is 6.42 Å². The average molecular weight is 397 g/mol. The van der Waals surface area contributed by atoms with Gasteiger partial charge in [-0.05, 0) is 28.7 Å². The Hall–Kier alpha value is -3.15. The van der Waals surface area contributed by atoms with Gasteiger partial charge in [-0.25, -0.2) is 9.59 Å². The molecule has 1 amide bonds. The molecule has 0 radical (unpaired) electrons. The number of ether oxygens (including phenoxy) is 2. The van der Waals surface area contributed by atoms with Crippen LogP contribution in [0.5, 0.6) is 0 Å². The van der Waals surface area contributed by atoms with Gasteiger partial charge in [-0.15, -0.1) is 0 Å². The van der Waals surface area contributed by atoms with Crippen molar-refractivity contribution in [1.29, 1.82) is 0 Å². The summed E-state index contributed by atoms with van der Waals surface area (Å²) in [5, 5.41) is 2.56.